The van der Waals surface area contributed by atoms with E-state index >= 15 is 0 Å². The van der Waals surface area contributed by atoms with Crippen LogP contribution in [0.25, 0.3) is 10.2 Å². The van der Waals surface area contributed by atoms with Crippen LogP contribution in [0.5, 0.6) is 0 Å². The maximum atomic E-state index is 12.6. The highest BCUT2D eigenvalue weighted by atomic mass is 35.5. The van der Waals surface area contributed by atoms with Crippen LogP contribution in [0.1, 0.15) is 71.2 Å². The van der Waals surface area contributed by atoms with Crippen molar-refractivity contribution in [1.29, 1.82) is 0 Å². The summed E-state index contributed by atoms with van der Waals surface area (Å²) in [6, 6.07) is 5.85. The fourth-order valence-electron chi connectivity index (χ4n) is 3.12. The molecule has 0 saturated carbocycles. The minimum atomic E-state index is 0. The lowest BCUT2D eigenvalue weighted by Crippen LogP contribution is -2.34. The van der Waals surface area contributed by atoms with E-state index in [1.54, 1.807) is 11.3 Å². The molecular formula is C20H31ClN2OS. The molecule has 0 aliphatic carbocycles. The lowest BCUT2D eigenvalue weighted by molar-refractivity contribution is -0.131. The Balaban J connectivity index is 0.00000156. The summed E-state index contributed by atoms with van der Waals surface area (Å²) in [5, 5.41) is 1.70. The number of thiazole rings is 1. The molecule has 1 aromatic carbocycles. The molecule has 25 heavy (non-hydrogen) atoms. The van der Waals surface area contributed by atoms with Gasteiger partial charge in [-0.3, -0.25) is 4.79 Å². The van der Waals surface area contributed by atoms with E-state index in [2.05, 4.69) is 16.8 Å². The average molecular weight is 383 g/mol. The zero-order chi connectivity index (χ0) is 16.2. The number of benzene rings is 1. The van der Waals surface area contributed by atoms with E-state index in [1.807, 2.05) is 18.2 Å². The number of para-hydroxylation sites is 1. The summed E-state index contributed by atoms with van der Waals surface area (Å²) >= 11 is 7.85. The van der Waals surface area contributed by atoms with E-state index in [4.69, 9.17) is 11.6 Å². The Morgan fingerprint density at radius 2 is 1.84 bits per heavy atom. The van der Waals surface area contributed by atoms with Crippen molar-refractivity contribution in [3.05, 3.63) is 28.2 Å². The quantitative estimate of drug-likeness (QED) is 0.606. The van der Waals surface area contributed by atoms with Gasteiger partial charge < -0.3 is 4.90 Å². The molecule has 0 spiro atoms. The van der Waals surface area contributed by atoms with Crippen LogP contribution in [0.15, 0.2) is 18.2 Å². The van der Waals surface area contributed by atoms with E-state index in [9.17, 15) is 4.79 Å². The van der Waals surface area contributed by atoms with Gasteiger partial charge in [0.1, 0.15) is 5.52 Å². The average Bonchev–Trinajstić information content (AvgIpc) is 2.92. The Labute approximate surface area is 161 Å². The van der Waals surface area contributed by atoms with E-state index in [-0.39, 0.29) is 26.7 Å². The van der Waals surface area contributed by atoms with Gasteiger partial charge in [0.15, 0.2) is 0 Å². The number of fused-ring (bicyclic) bond motifs is 1. The van der Waals surface area contributed by atoms with Crippen molar-refractivity contribution in [3.63, 3.8) is 0 Å². The van der Waals surface area contributed by atoms with Crippen LogP contribution in [-0.2, 0) is 4.79 Å². The van der Waals surface area contributed by atoms with Gasteiger partial charge in [0.05, 0.1) is 14.7 Å². The van der Waals surface area contributed by atoms with Crippen LogP contribution in [-0.4, -0.2) is 28.9 Å². The number of aromatic nitrogens is 1. The normalized spacial score (nSPS) is 16.3. The molecule has 0 bridgehead atoms. The number of rotatable bonds is 3. The van der Waals surface area contributed by atoms with Crippen molar-refractivity contribution in [2.45, 2.75) is 66.2 Å². The highest BCUT2D eigenvalue weighted by Gasteiger charge is 2.20. The number of hydrogen-bond acceptors (Lipinski definition) is 3. The molecule has 3 nitrogen and oxygen atoms in total. The second kappa shape index (κ2) is 10.1. The van der Waals surface area contributed by atoms with Crippen LogP contribution in [0.3, 0.4) is 0 Å². The van der Waals surface area contributed by atoms with Gasteiger partial charge in [-0.2, -0.15) is 0 Å². The summed E-state index contributed by atoms with van der Waals surface area (Å²) in [5.74, 6) is 0.408. The van der Waals surface area contributed by atoms with Crippen molar-refractivity contribution < 1.29 is 4.79 Å². The number of halogens is 1. The number of carbonyl (C=O) groups is 1. The van der Waals surface area contributed by atoms with Gasteiger partial charge in [-0.25, -0.2) is 4.98 Å². The molecule has 3 rings (SSSR count). The van der Waals surface area contributed by atoms with Crippen molar-refractivity contribution >= 4 is 39.1 Å². The molecule has 1 fully saturated rings. The topological polar surface area (TPSA) is 33.2 Å². The second-order valence-electron chi connectivity index (χ2n) is 6.39. The SMILES string of the molecule is C.C.CC(CC(=O)N1CCCCCCC1)c1nc2c(Cl)cccc2s1. The lowest BCUT2D eigenvalue weighted by Gasteiger charge is -2.25. The largest absolute Gasteiger partial charge is 0.343 e. The zero-order valence-corrected chi connectivity index (χ0v) is 15.1. The molecule has 1 amide bonds. The Morgan fingerprint density at radius 1 is 1.20 bits per heavy atom. The number of nitrogens with zero attached hydrogens (tertiary/aromatic N) is 2. The van der Waals surface area contributed by atoms with Gasteiger partial charge in [-0.15, -0.1) is 11.3 Å². The fraction of sp³-hybridized carbons (Fsp3) is 0.600. The van der Waals surface area contributed by atoms with E-state index < -0.39 is 0 Å². The van der Waals surface area contributed by atoms with Gasteiger partial charge in [0.25, 0.3) is 0 Å². The van der Waals surface area contributed by atoms with Crippen LogP contribution in [0, 0.1) is 0 Å². The molecule has 0 radical (unpaired) electrons. The first-order valence-electron chi connectivity index (χ1n) is 8.48. The first-order chi connectivity index (χ1) is 11.1. The Morgan fingerprint density at radius 3 is 2.48 bits per heavy atom. The van der Waals surface area contributed by atoms with E-state index in [0.717, 1.165) is 41.2 Å². The van der Waals surface area contributed by atoms with Gasteiger partial charge in [-0.1, -0.05) is 58.7 Å². The van der Waals surface area contributed by atoms with E-state index in [0.29, 0.717) is 11.4 Å². The first kappa shape index (κ1) is 21.9. The standard InChI is InChI=1S/C18H23ClN2OS.2CH4/c1-13(12-16(22)21-10-5-3-2-4-6-11-21)18-20-17-14(19)8-7-9-15(17)23-18;;/h7-9,13H,2-6,10-12H2,1H3;2*1H4. The zero-order valence-electron chi connectivity index (χ0n) is 13.6. The molecular weight excluding hydrogens is 352 g/mol. The van der Waals surface area contributed by atoms with Crippen molar-refractivity contribution in [3.8, 4) is 0 Å². The number of amides is 1. The molecule has 1 aliphatic heterocycles. The monoisotopic (exact) mass is 382 g/mol. The lowest BCUT2D eigenvalue weighted by atomic mass is 10.1. The van der Waals surface area contributed by atoms with Crippen molar-refractivity contribution in [2.75, 3.05) is 13.1 Å². The maximum absolute atomic E-state index is 12.6. The minimum Gasteiger partial charge on any atom is -0.343 e. The third kappa shape index (κ3) is 5.42. The second-order valence-corrected chi connectivity index (χ2v) is 7.86. The molecule has 1 aliphatic rings. The smallest absolute Gasteiger partial charge is 0.223 e. The molecule has 1 atom stereocenters. The Hall–Kier alpha value is -1.13. The van der Waals surface area contributed by atoms with Gasteiger partial charge in [-0.05, 0) is 25.0 Å². The molecule has 1 saturated heterocycles. The minimum absolute atomic E-state index is 0. The van der Waals surface area contributed by atoms with Crippen LogP contribution < -0.4 is 0 Å². The summed E-state index contributed by atoms with van der Waals surface area (Å²) in [4.78, 5) is 19.3. The fourth-order valence-corrected chi connectivity index (χ4v) is 4.44. The Bertz CT molecular complexity index is 677. The third-order valence-corrected chi connectivity index (χ3v) is 6.05. The molecule has 0 N–H and O–H groups in total. The number of likely N-dealkylation sites (tertiary alicyclic amines) is 1. The number of hydrogen-bond donors (Lipinski definition) is 0. The highest BCUT2D eigenvalue weighted by Crippen LogP contribution is 2.33. The molecule has 140 valence electrons. The summed E-state index contributed by atoms with van der Waals surface area (Å²) in [6.07, 6.45) is 6.61. The van der Waals surface area contributed by atoms with Crippen molar-refractivity contribution in [2.24, 2.45) is 0 Å². The predicted octanol–water partition coefficient (Wildman–Crippen LogP) is 6.51. The first-order valence-corrected chi connectivity index (χ1v) is 9.67. The summed E-state index contributed by atoms with van der Waals surface area (Å²) in [5.41, 5.74) is 0.861. The maximum Gasteiger partial charge on any atom is 0.223 e. The van der Waals surface area contributed by atoms with Gasteiger partial charge in [0.2, 0.25) is 5.91 Å². The van der Waals surface area contributed by atoms with Gasteiger partial charge >= 0.3 is 0 Å². The highest BCUT2D eigenvalue weighted by molar-refractivity contribution is 7.18. The van der Waals surface area contributed by atoms with Crippen LogP contribution in [0.4, 0.5) is 0 Å². The summed E-state index contributed by atoms with van der Waals surface area (Å²) in [7, 11) is 0. The van der Waals surface area contributed by atoms with Crippen molar-refractivity contribution in [1.82, 2.24) is 9.88 Å². The van der Waals surface area contributed by atoms with Gasteiger partial charge in [0, 0.05) is 25.4 Å². The van der Waals surface area contributed by atoms with Crippen LogP contribution in [0.2, 0.25) is 5.02 Å². The summed E-state index contributed by atoms with van der Waals surface area (Å²) in [6.45, 7) is 3.92. The summed E-state index contributed by atoms with van der Waals surface area (Å²) < 4.78 is 1.10. The van der Waals surface area contributed by atoms with Crippen LogP contribution >= 0.6 is 22.9 Å². The molecule has 5 heteroatoms. The predicted molar refractivity (Wildman–Crippen MR) is 111 cm³/mol. The Kier molecular flexibility index (Phi) is 8.87. The molecule has 1 aromatic heterocycles. The van der Waals surface area contributed by atoms with E-state index in [1.165, 1.54) is 19.3 Å². The third-order valence-electron chi connectivity index (χ3n) is 4.50. The molecule has 1 unspecified atom stereocenters. The molecule has 2 aromatic rings. The number of carbonyl (C=O) groups excluding carboxylic acids is 1. The molecule has 2 heterocycles.